The summed E-state index contributed by atoms with van der Waals surface area (Å²) in [6.07, 6.45) is 16.8. The summed E-state index contributed by atoms with van der Waals surface area (Å²) in [5, 5.41) is 10.9. The largest absolute Gasteiger partial charge is 0.494 e. The molecule has 0 N–H and O–H groups in total. The van der Waals surface area contributed by atoms with E-state index in [2.05, 4.69) is 48.3 Å². The van der Waals surface area contributed by atoms with Gasteiger partial charge < -0.3 is 4.74 Å². The van der Waals surface area contributed by atoms with Gasteiger partial charge in [0.05, 0.1) is 6.61 Å². The first-order chi connectivity index (χ1) is 13.8. The molecule has 0 spiro atoms. The molecule has 0 amide bonds. The predicted molar refractivity (Wildman–Crippen MR) is 121 cm³/mol. The maximum Gasteiger partial charge on any atom is 0.147 e. The topological polar surface area (TPSA) is 35.0 Å². The summed E-state index contributed by atoms with van der Waals surface area (Å²) in [5.74, 6) is 0.955. The van der Waals surface area contributed by atoms with Crippen LogP contribution < -0.4 is 4.74 Å². The molecule has 0 aliphatic heterocycles. The molecule has 0 aliphatic carbocycles. The first-order valence-electron chi connectivity index (χ1n) is 11.4. The van der Waals surface area contributed by atoms with Crippen LogP contribution in [0.4, 0.5) is 0 Å². The molecule has 1 heterocycles. The van der Waals surface area contributed by atoms with Crippen LogP contribution in [0.25, 0.3) is 10.6 Å². The third-order valence-corrected chi connectivity index (χ3v) is 6.11. The smallest absolute Gasteiger partial charge is 0.147 e. The molecule has 0 radical (unpaired) electrons. The van der Waals surface area contributed by atoms with Crippen molar-refractivity contribution in [1.29, 1.82) is 0 Å². The number of hydrogen-bond donors (Lipinski definition) is 0. The molecule has 3 nitrogen and oxygen atoms in total. The summed E-state index contributed by atoms with van der Waals surface area (Å²) in [6.45, 7) is 5.32. The van der Waals surface area contributed by atoms with Gasteiger partial charge in [-0.1, -0.05) is 89.4 Å². The van der Waals surface area contributed by atoms with Crippen LogP contribution in [-0.4, -0.2) is 16.8 Å². The highest BCUT2D eigenvalue weighted by molar-refractivity contribution is 7.14. The second kappa shape index (κ2) is 14.6. The lowest BCUT2D eigenvalue weighted by Gasteiger charge is -2.06. The molecule has 28 heavy (non-hydrogen) atoms. The Morgan fingerprint density at radius 2 is 1.32 bits per heavy atom. The van der Waals surface area contributed by atoms with E-state index < -0.39 is 0 Å². The minimum Gasteiger partial charge on any atom is -0.494 e. The van der Waals surface area contributed by atoms with Crippen LogP contribution in [0.15, 0.2) is 24.3 Å². The molecule has 1 aromatic carbocycles. The highest BCUT2D eigenvalue weighted by atomic mass is 32.1. The molecular formula is C24H38N2OS. The standard InChI is InChI=1S/C24H38N2OS/c1-3-5-7-9-10-11-12-14-20-27-22-18-16-21(17-19-22)24-26-25-23(28-24)15-13-8-6-4-2/h16-19H,3-15,20H2,1-2H3. The fraction of sp³-hybridized carbons (Fsp3) is 0.667. The van der Waals surface area contributed by atoms with Crippen molar-refractivity contribution in [2.24, 2.45) is 0 Å². The second-order valence-corrected chi connectivity index (χ2v) is 8.72. The lowest BCUT2D eigenvalue weighted by molar-refractivity contribution is 0.304. The van der Waals surface area contributed by atoms with E-state index in [1.54, 1.807) is 11.3 Å². The molecule has 156 valence electrons. The van der Waals surface area contributed by atoms with Gasteiger partial charge in [-0.15, -0.1) is 10.2 Å². The molecule has 0 saturated heterocycles. The summed E-state index contributed by atoms with van der Waals surface area (Å²) < 4.78 is 5.89. The minimum atomic E-state index is 0.815. The summed E-state index contributed by atoms with van der Waals surface area (Å²) in [5.41, 5.74) is 1.14. The van der Waals surface area contributed by atoms with Gasteiger partial charge in [0.15, 0.2) is 0 Å². The number of unbranched alkanes of at least 4 members (excludes halogenated alkanes) is 10. The van der Waals surface area contributed by atoms with Gasteiger partial charge >= 0.3 is 0 Å². The van der Waals surface area contributed by atoms with Crippen LogP contribution in [0.3, 0.4) is 0 Å². The predicted octanol–water partition coefficient (Wildman–Crippen LogP) is 7.85. The zero-order valence-electron chi connectivity index (χ0n) is 17.9. The first kappa shape index (κ1) is 22.9. The van der Waals surface area contributed by atoms with E-state index in [1.807, 2.05) is 0 Å². The molecule has 0 aliphatic rings. The Hall–Kier alpha value is -1.42. The van der Waals surface area contributed by atoms with Crippen molar-refractivity contribution >= 4 is 11.3 Å². The lowest BCUT2D eigenvalue weighted by Crippen LogP contribution is -1.97. The highest BCUT2D eigenvalue weighted by Crippen LogP contribution is 2.26. The Balaban J connectivity index is 1.63. The fourth-order valence-corrected chi connectivity index (χ4v) is 4.18. The highest BCUT2D eigenvalue weighted by Gasteiger charge is 2.07. The summed E-state index contributed by atoms with van der Waals surface area (Å²) >= 11 is 1.72. The van der Waals surface area contributed by atoms with E-state index >= 15 is 0 Å². The van der Waals surface area contributed by atoms with Gasteiger partial charge in [0, 0.05) is 12.0 Å². The Labute approximate surface area is 175 Å². The summed E-state index contributed by atoms with van der Waals surface area (Å²) in [7, 11) is 0. The quantitative estimate of drug-likeness (QED) is 0.268. The molecule has 0 fully saturated rings. The zero-order valence-corrected chi connectivity index (χ0v) is 18.7. The third-order valence-electron chi connectivity index (χ3n) is 5.08. The SMILES string of the molecule is CCCCCCCCCCOc1ccc(-c2nnc(CCCCCC)s2)cc1. The molecule has 4 heteroatoms. The van der Waals surface area contributed by atoms with E-state index in [-0.39, 0.29) is 0 Å². The van der Waals surface area contributed by atoms with E-state index in [9.17, 15) is 0 Å². The number of nitrogens with zero attached hydrogens (tertiary/aromatic N) is 2. The maximum absolute atomic E-state index is 5.89. The van der Waals surface area contributed by atoms with Gasteiger partial charge in [0.1, 0.15) is 15.8 Å². The van der Waals surface area contributed by atoms with Gasteiger partial charge in [-0.3, -0.25) is 0 Å². The maximum atomic E-state index is 5.89. The molecule has 2 rings (SSSR count). The lowest BCUT2D eigenvalue weighted by atomic mass is 10.1. The number of aryl methyl sites for hydroxylation is 1. The van der Waals surface area contributed by atoms with Crippen molar-refractivity contribution in [2.75, 3.05) is 6.61 Å². The number of hydrogen-bond acceptors (Lipinski definition) is 4. The van der Waals surface area contributed by atoms with E-state index in [1.165, 1.54) is 70.6 Å². The van der Waals surface area contributed by atoms with Crippen LogP contribution >= 0.6 is 11.3 Å². The molecule has 0 saturated carbocycles. The molecule has 1 aromatic heterocycles. The molecule has 0 atom stereocenters. The summed E-state index contributed by atoms with van der Waals surface area (Å²) in [6, 6.07) is 8.32. The van der Waals surface area contributed by atoms with Crippen molar-refractivity contribution < 1.29 is 4.74 Å². The van der Waals surface area contributed by atoms with Crippen molar-refractivity contribution in [3.8, 4) is 16.3 Å². The van der Waals surface area contributed by atoms with Crippen molar-refractivity contribution in [2.45, 2.75) is 97.3 Å². The van der Waals surface area contributed by atoms with Gasteiger partial charge in [-0.05, 0) is 37.1 Å². The molecule has 0 unspecified atom stereocenters. The normalized spacial score (nSPS) is 11.1. The fourth-order valence-electron chi connectivity index (χ4n) is 3.29. The van der Waals surface area contributed by atoms with E-state index in [0.29, 0.717) is 0 Å². The Morgan fingerprint density at radius 3 is 2.00 bits per heavy atom. The number of ether oxygens (including phenoxy) is 1. The second-order valence-electron chi connectivity index (χ2n) is 7.66. The first-order valence-corrected chi connectivity index (χ1v) is 12.2. The van der Waals surface area contributed by atoms with Crippen LogP contribution in [0, 0.1) is 0 Å². The molecule has 2 aromatic rings. The Morgan fingerprint density at radius 1 is 0.714 bits per heavy atom. The summed E-state index contributed by atoms with van der Waals surface area (Å²) in [4.78, 5) is 0. The van der Waals surface area contributed by atoms with Crippen LogP contribution in [0.2, 0.25) is 0 Å². The van der Waals surface area contributed by atoms with Crippen molar-refractivity contribution in [3.05, 3.63) is 29.3 Å². The molecule has 0 bridgehead atoms. The number of aromatic nitrogens is 2. The van der Waals surface area contributed by atoms with Crippen LogP contribution in [0.1, 0.15) is 95.9 Å². The Kier molecular flexibility index (Phi) is 11.9. The molecular weight excluding hydrogens is 364 g/mol. The minimum absolute atomic E-state index is 0.815. The average molecular weight is 403 g/mol. The van der Waals surface area contributed by atoms with Gasteiger partial charge in [0.2, 0.25) is 0 Å². The van der Waals surface area contributed by atoms with Gasteiger partial charge in [0.25, 0.3) is 0 Å². The Bertz CT molecular complexity index is 624. The third kappa shape index (κ3) is 9.18. The van der Waals surface area contributed by atoms with E-state index in [0.717, 1.165) is 40.8 Å². The number of benzene rings is 1. The van der Waals surface area contributed by atoms with Gasteiger partial charge in [-0.25, -0.2) is 0 Å². The van der Waals surface area contributed by atoms with E-state index in [4.69, 9.17) is 4.74 Å². The van der Waals surface area contributed by atoms with Crippen molar-refractivity contribution in [1.82, 2.24) is 10.2 Å². The zero-order chi connectivity index (χ0) is 19.9. The van der Waals surface area contributed by atoms with Crippen molar-refractivity contribution in [3.63, 3.8) is 0 Å². The van der Waals surface area contributed by atoms with Crippen LogP contribution in [0.5, 0.6) is 5.75 Å². The number of rotatable bonds is 16. The monoisotopic (exact) mass is 402 g/mol. The average Bonchev–Trinajstić information content (AvgIpc) is 3.19. The van der Waals surface area contributed by atoms with Gasteiger partial charge in [-0.2, -0.15) is 0 Å². The van der Waals surface area contributed by atoms with Crippen LogP contribution in [-0.2, 0) is 6.42 Å².